The first-order chi connectivity index (χ1) is 9.76. The van der Waals surface area contributed by atoms with Gasteiger partial charge in [-0.1, -0.05) is 18.2 Å². The van der Waals surface area contributed by atoms with E-state index in [0.29, 0.717) is 11.3 Å². The Balaban J connectivity index is 0.00000220. The molecule has 0 aliphatic heterocycles. The van der Waals surface area contributed by atoms with Crippen molar-refractivity contribution in [3.05, 3.63) is 60.2 Å². The fourth-order valence-corrected chi connectivity index (χ4v) is 1.78. The summed E-state index contributed by atoms with van der Waals surface area (Å²) < 4.78 is 5.11. The molecule has 0 heterocycles. The van der Waals surface area contributed by atoms with E-state index in [4.69, 9.17) is 4.74 Å². The molecule has 0 aromatic heterocycles. The minimum atomic E-state index is -0.172. The lowest BCUT2D eigenvalue weighted by molar-refractivity contribution is 0.0988. The molecule has 0 atom stereocenters. The van der Waals surface area contributed by atoms with Gasteiger partial charge in [-0.05, 0) is 43.3 Å². The van der Waals surface area contributed by atoms with Crippen molar-refractivity contribution in [2.24, 2.45) is 5.10 Å². The Hall–Kier alpha value is -2.33. The van der Waals surface area contributed by atoms with Gasteiger partial charge in [0.05, 0.1) is 12.8 Å². The number of rotatable bonds is 4. The zero-order valence-corrected chi connectivity index (χ0v) is 12.7. The van der Waals surface area contributed by atoms with Crippen molar-refractivity contribution in [2.45, 2.75) is 6.92 Å². The predicted molar refractivity (Wildman–Crippen MR) is 87.7 cm³/mol. The molecule has 0 bridgehead atoms. The van der Waals surface area contributed by atoms with E-state index in [2.05, 4.69) is 5.10 Å². The van der Waals surface area contributed by atoms with Gasteiger partial charge in [0.2, 0.25) is 0 Å². The minimum Gasteiger partial charge on any atom is -0.497 e. The van der Waals surface area contributed by atoms with Gasteiger partial charge < -0.3 is 4.74 Å². The highest BCUT2D eigenvalue weighted by molar-refractivity contribution is 6.06. The van der Waals surface area contributed by atoms with Gasteiger partial charge in [0.15, 0.2) is 0 Å². The number of nitrogens with zero attached hydrogens (tertiary/aromatic N) is 2. The predicted octanol–water partition coefficient (Wildman–Crippen LogP) is 3.77. The van der Waals surface area contributed by atoms with Crippen molar-refractivity contribution < 1.29 is 9.53 Å². The fourth-order valence-electron chi connectivity index (χ4n) is 1.78. The van der Waals surface area contributed by atoms with E-state index in [0.717, 1.165) is 5.75 Å². The van der Waals surface area contributed by atoms with Crippen molar-refractivity contribution in [3.63, 3.8) is 0 Å². The van der Waals surface area contributed by atoms with E-state index in [1.165, 1.54) is 5.01 Å². The van der Waals surface area contributed by atoms with Crippen molar-refractivity contribution in [1.82, 2.24) is 0 Å². The van der Waals surface area contributed by atoms with Crippen LogP contribution in [0.2, 0.25) is 0 Å². The zero-order valence-electron chi connectivity index (χ0n) is 11.9. The van der Waals surface area contributed by atoms with E-state index in [-0.39, 0.29) is 18.3 Å². The standard InChI is InChI=1S/C16H16N2O2.ClH/c1-3-17-18(14-9-11-15(20-2)12-10-14)16(19)13-7-5-4-6-8-13;/h3-12H,1-2H3;1H. The summed E-state index contributed by atoms with van der Waals surface area (Å²) in [5, 5.41) is 5.51. The van der Waals surface area contributed by atoms with Crippen LogP contribution in [-0.2, 0) is 0 Å². The van der Waals surface area contributed by atoms with Gasteiger partial charge >= 0.3 is 0 Å². The van der Waals surface area contributed by atoms with E-state index < -0.39 is 0 Å². The molecule has 5 heteroatoms. The minimum absolute atomic E-state index is 0. The Bertz CT molecular complexity index is 597. The number of ether oxygens (including phenoxy) is 1. The van der Waals surface area contributed by atoms with Crippen LogP contribution in [0, 0.1) is 0 Å². The Morgan fingerprint density at radius 2 is 1.71 bits per heavy atom. The topological polar surface area (TPSA) is 41.9 Å². The summed E-state index contributed by atoms with van der Waals surface area (Å²) in [7, 11) is 1.60. The number of hydrazone groups is 1. The van der Waals surface area contributed by atoms with Crippen LogP contribution in [0.25, 0.3) is 0 Å². The third-order valence-electron chi connectivity index (χ3n) is 2.76. The molecule has 2 aromatic carbocycles. The molecule has 2 aromatic rings. The van der Waals surface area contributed by atoms with Gasteiger partial charge in [-0.3, -0.25) is 4.79 Å². The molecule has 0 saturated carbocycles. The second-order valence-electron chi connectivity index (χ2n) is 4.05. The second kappa shape index (κ2) is 8.07. The Kier molecular flexibility index (Phi) is 6.43. The molecule has 0 unspecified atom stereocenters. The average molecular weight is 305 g/mol. The van der Waals surface area contributed by atoms with E-state index in [9.17, 15) is 4.79 Å². The molecule has 0 spiro atoms. The van der Waals surface area contributed by atoms with Crippen LogP contribution in [-0.4, -0.2) is 19.2 Å². The number of carbonyl (C=O) groups excluding carboxylic acids is 1. The first-order valence-electron chi connectivity index (χ1n) is 6.28. The van der Waals surface area contributed by atoms with Gasteiger partial charge in [0, 0.05) is 11.8 Å². The maximum Gasteiger partial charge on any atom is 0.278 e. The molecule has 21 heavy (non-hydrogen) atoms. The van der Waals surface area contributed by atoms with Crippen molar-refractivity contribution in [1.29, 1.82) is 0 Å². The first-order valence-corrected chi connectivity index (χ1v) is 6.28. The summed E-state index contributed by atoms with van der Waals surface area (Å²) in [6.07, 6.45) is 1.59. The molecule has 4 nitrogen and oxygen atoms in total. The number of carbonyl (C=O) groups is 1. The van der Waals surface area contributed by atoms with Crippen LogP contribution in [0.4, 0.5) is 5.69 Å². The van der Waals surface area contributed by atoms with Gasteiger partial charge in [-0.2, -0.15) is 10.1 Å². The first kappa shape index (κ1) is 16.7. The largest absolute Gasteiger partial charge is 0.497 e. The molecule has 2 rings (SSSR count). The number of amides is 1. The lowest BCUT2D eigenvalue weighted by Gasteiger charge is -2.17. The van der Waals surface area contributed by atoms with E-state index in [1.807, 2.05) is 18.2 Å². The highest BCUT2D eigenvalue weighted by Crippen LogP contribution is 2.21. The SMILES string of the molecule is CC=NN(C(=O)c1ccccc1)c1ccc(OC)cc1.Cl. The van der Waals surface area contributed by atoms with Crippen LogP contribution in [0.3, 0.4) is 0 Å². The summed E-state index contributed by atoms with van der Waals surface area (Å²) in [5.41, 5.74) is 1.28. The maximum atomic E-state index is 12.5. The number of halogens is 1. The molecule has 0 aliphatic carbocycles. The molecule has 0 fully saturated rings. The Morgan fingerprint density at radius 1 is 1.10 bits per heavy atom. The molecule has 0 aliphatic rings. The van der Waals surface area contributed by atoms with Crippen LogP contribution >= 0.6 is 12.4 Å². The highest BCUT2D eigenvalue weighted by Gasteiger charge is 2.16. The normalized spacial score (nSPS) is 10.0. The van der Waals surface area contributed by atoms with E-state index >= 15 is 0 Å². The quantitative estimate of drug-likeness (QED) is 0.637. The van der Waals surface area contributed by atoms with Crippen molar-refractivity contribution in [2.75, 3.05) is 12.1 Å². The zero-order chi connectivity index (χ0) is 14.4. The summed E-state index contributed by atoms with van der Waals surface area (Å²) in [5.74, 6) is 0.565. The molecular weight excluding hydrogens is 288 g/mol. The number of hydrogen-bond acceptors (Lipinski definition) is 3. The number of benzene rings is 2. The lowest BCUT2D eigenvalue weighted by Crippen LogP contribution is -2.25. The van der Waals surface area contributed by atoms with Gasteiger partial charge in [0.1, 0.15) is 5.75 Å². The van der Waals surface area contributed by atoms with Crippen LogP contribution in [0.5, 0.6) is 5.75 Å². The van der Waals surface area contributed by atoms with Crippen LogP contribution < -0.4 is 9.75 Å². The van der Waals surface area contributed by atoms with Crippen molar-refractivity contribution >= 4 is 30.2 Å². The summed E-state index contributed by atoms with van der Waals surface area (Å²) in [6.45, 7) is 1.77. The van der Waals surface area contributed by atoms with E-state index in [1.54, 1.807) is 56.6 Å². The second-order valence-corrected chi connectivity index (χ2v) is 4.05. The maximum absolute atomic E-state index is 12.5. The van der Waals surface area contributed by atoms with Crippen LogP contribution in [0.1, 0.15) is 17.3 Å². The van der Waals surface area contributed by atoms with Gasteiger partial charge in [0.25, 0.3) is 5.91 Å². The molecule has 0 N–H and O–H groups in total. The fraction of sp³-hybridized carbons (Fsp3) is 0.125. The van der Waals surface area contributed by atoms with Crippen molar-refractivity contribution in [3.8, 4) is 5.75 Å². The molecule has 0 radical (unpaired) electrons. The number of anilines is 1. The van der Waals surface area contributed by atoms with Crippen LogP contribution in [0.15, 0.2) is 59.7 Å². The van der Waals surface area contributed by atoms with Gasteiger partial charge in [-0.15, -0.1) is 12.4 Å². The molecule has 1 amide bonds. The molecular formula is C16H17ClN2O2. The summed E-state index contributed by atoms with van der Waals surface area (Å²) >= 11 is 0. The highest BCUT2D eigenvalue weighted by atomic mass is 35.5. The van der Waals surface area contributed by atoms with Gasteiger partial charge in [-0.25, -0.2) is 0 Å². The lowest BCUT2D eigenvalue weighted by atomic mass is 10.2. The molecule has 0 saturated heterocycles. The average Bonchev–Trinajstić information content (AvgIpc) is 2.53. The summed E-state index contributed by atoms with van der Waals surface area (Å²) in [4.78, 5) is 12.5. The molecule has 110 valence electrons. The summed E-state index contributed by atoms with van der Waals surface area (Å²) in [6, 6.07) is 16.3. The number of methoxy groups -OCH3 is 1. The Morgan fingerprint density at radius 3 is 2.24 bits per heavy atom. The Labute approximate surface area is 130 Å². The third-order valence-corrected chi connectivity index (χ3v) is 2.76. The number of hydrogen-bond donors (Lipinski definition) is 0. The monoisotopic (exact) mass is 304 g/mol. The third kappa shape index (κ3) is 4.07. The smallest absolute Gasteiger partial charge is 0.278 e.